The van der Waals surface area contributed by atoms with E-state index in [2.05, 4.69) is 169 Å². The Morgan fingerprint density at radius 3 is 0.510 bits per heavy atom. The Balaban J connectivity index is 1.44. The summed E-state index contributed by atoms with van der Waals surface area (Å²) in [5, 5.41) is 4.85. The second kappa shape index (κ2) is 42.1. The van der Waals surface area contributed by atoms with Crippen molar-refractivity contribution in [3.8, 4) is 45.6 Å². The molecule has 7 aromatic rings. The molecule has 4 aromatic carbocycles. The summed E-state index contributed by atoms with van der Waals surface area (Å²) >= 11 is 0. The zero-order valence-electron chi connectivity index (χ0n) is 69.2. The van der Waals surface area contributed by atoms with Crippen LogP contribution in [0.1, 0.15) is 361 Å². The molecule has 8 heteroatoms. The molecule has 0 aliphatic carbocycles. The zero-order chi connectivity index (χ0) is 74.1. The van der Waals surface area contributed by atoms with Crippen LogP contribution in [0.25, 0.3) is 89.7 Å². The van der Waals surface area contributed by atoms with Gasteiger partial charge < -0.3 is 9.97 Å². The van der Waals surface area contributed by atoms with Gasteiger partial charge >= 0.3 is 0 Å². The first-order chi connectivity index (χ1) is 50.2. The lowest BCUT2D eigenvalue weighted by molar-refractivity contribution is 0.526. The predicted molar refractivity (Wildman–Crippen MR) is 452 cm³/mol. The number of rotatable bonds is 48. The molecule has 2 aliphatic heterocycles. The van der Waals surface area contributed by atoms with Crippen molar-refractivity contribution in [3.05, 3.63) is 93.0 Å². The van der Waals surface area contributed by atoms with E-state index in [1.807, 2.05) is 0 Å². The summed E-state index contributed by atoms with van der Waals surface area (Å²) in [6.45, 7) is 37.9. The van der Waals surface area contributed by atoms with Gasteiger partial charge in [0.2, 0.25) is 0 Å². The Hall–Kier alpha value is -5.76. The van der Waals surface area contributed by atoms with Crippen molar-refractivity contribution >= 4 is 44.1 Å². The van der Waals surface area contributed by atoms with E-state index in [0.717, 1.165) is 149 Å². The third-order valence-electron chi connectivity index (χ3n) is 22.9. The molecule has 0 atom stereocenters. The maximum atomic E-state index is 6.14. The molecule has 0 saturated heterocycles. The number of hydrogen-bond donors (Lipinski definition) is 2. The van der Waals surface area contributed by atoms with Crippen LogP contribution in [0.4, 0.5) is 0 Å². The van der Waals surface area contributed by atoms with Crippen LogP contribution in [0.15, 0.2) is 48.5 Å². The smallest absolute Gasteiger partial charge is 0.165 e. The maximum Gasteiger partial charge on any atom is 0.165 e. The first-order valence-corrected chi connectivity index (χ1v) is 43.7. The topological polar surface area (TPSA) is 109 Å². The average Bonchev–Trinajstić information content (AvgIpc) is 1.58. The highest BCUT2D eigenvalue weighted by Crippen LogP contribution is 2.45. The highest BCUT2D eigenvalue weighted by atomic mass is 15.1. The second-order valence-corrected chi connectivity index (χ2v) is 36.1. The molecule has 0 saturated carbocycles. The fourth-order valence-electron chi connectivity index (χ4n) is 16.9. The van der Waals surface area contributed by atoms with Crippen LogP contribution in [0.5, 0.6) is 0 Å². The Labute approximate surface area is 633 Å². The maximum absolute atomic E-state index is 6.14. The normalized spacial score (nSPS) is 12.5. The number of H-pyrrole nitrogens is 2. The minimum Gasteiger partial charge on any atom is -0.324 e. The summed E-state index contributed by atoms with van der Waals surface area (Å²) in [6, 6.07) is 19.8. The van der Waals surface area contributed by atoms with Crippen LogP contribution in [0, 0.1) is 47.3 Å². The predicted octanol–water partition coefficient (Wildman–Crippen LogP) is 28.9. The third kappa shape index (κ3) is 24.1. The van der Waals surface area contributed by atoms with E-state index in [4.69, 9.17) is 29.9 Å². The van der Waals surface area contributed by atoms with E-state index in [1.165, 1.54) is 242 Å². The molecule has 5 heterocycles. The van der Waals surface area contributed by atoms with Gasteiger partial charge in [-0.25, -0.2) is 29.9 Å². The summed E-state index contributed by atoms with van der Waals surface area (Å²) in [7, 11) is 0. The molecular formula is C96H146N8. The summed E-state index contributed by atoms with van der Waals surface area (Å²) in [5.74, 6) is 8.73. The van der Waals surface area contributed by atoms with Gasteiger partial charge in [0.1, 0.15) is 22.6 Å². The van der Waals surface area contributed by atoms with Crippen molar-refractivity contribution in [2.45, 2.75) is 368 Å². The number of nitrogens with zero attached hydrogens (tertiary/aromatic N) is 6. The number of benzene rings is 4. The molecule has 2 aliphatic rings. The zero-order valence-corrected chi connectivity index (χ0v) is 69.2. The van der Waals surface area contributed by atoms with Gasteiger partial charge in [0.05, 0.1) is 0 Å². The molecule has 8 nitrogen and oxygen atoms in total. The Morgan fingerprint density at radius 1 is 0.192 bits per heavy atom. The summed E-state index contributed by atoms with van der Waals surface area (Å²) in [5.41, 5.74) is 19.0. The van der Waals surface area contributed by atoms with E-state index in [0.29, 0.717) is 47.3 Å². The van der Waals surface area contributed by atoms with Crippen molar-refractivity contribution < 1.29 is 0 Å². The standard InChI is InChI=1S/C96H146N8/c1-65(2)41-25-17-33-49-73-57-58-74(50-34-18-26-42-66(3)4)82-81(73)89-97-90(82)102-92-85-77(53-37-21-29-45-69(9)10)61-62-78(54-38-22-30-46-70(11)12)86(85)94(99-92)104-96-88-80(56-40-24-32-48-72(15)16)64-63-79(55-39-23-31-47-71(13)14)87(88)95(100-96)103-93-84-76(52-36-20-28-44-68(7)8)60-59-75(83(84)91(98-93)101-89)51-35-19-27-43-67(5)6/h57-72H,17-56H2,1-16H3,(H2,97,98,99,100,101,102,103,104). The molecule has 8 bridgehead atoms. The van der Waals surface area contributed by atoms with Gasteiger partial charge in [-0.3, -0.25) is 0 Å². The molecule has 0 radical (unpaired) electrons. The average molecular weight is 1410 g/mol. The Bertz CT molecular complexity index is 3440. The van der Waals surface area contributed by atoms with Crippen molar-refractivity contribution in [1.82, 2.24) is 39.9 Å². The monoisotopic (exact) mass is 1410 g/mol. The molecule has 9 rings (SSSR count). The largest absolute Gasteiger partial charge is 0.324 e. The highest BCUT2D eigenvalue weighted by molar-refractivity contribution is 6.10. The van der Waals surface area contributed by atoms with Gasteiger partial charge in [-0.1, -0.05) is 313 Å². The van der Waals surface area contributed by atoms with Crippen molar-refractivity contribution in [1.29, 1.82) is 0 Å². The van der Waals surface area contributed by atoms with Crippen LogP contribution in [0.2, 0.25) is 0 Å². The van der Waals surface area contributed by atoms with Crippen molar-refractivity contribution in [2.75, 3.05) is 0 Å². The molecule has 570 valence electrons. The molecule has 2 N–H and O–H groups in total. The lowest BCUT2D eigenvalue weighted by atomic mass is 9.90. The second-order valence-electron chi connectivity index (χ2n) is 36.1. The van der Waals surface area contributed by atoms with Gasteiger partial charge in [0.25, 0.3) is 0 Å². The van der Waals surface area contributed by atoms with Crippen LogP contribution in [-0.4, -0.2) is 39.9 Å². The lowest BCUT2D eigenvalue weighted by Crippen LogP contribution is -1.98. The number of aromatic amines is 2. The van der Waals surface area contributed by atoms with Gasteiger partial charge in [-0.15, -0.1) is 0 Å². The Morgan fingerprint density at radius 2 is 0.346 bits per heavy atom. The van der Waals surface area contributed by atoms with E-state index < -0.39 is 0 Å². The lowest BCUT2D eigenvalue weighted by Gasteiger charge is -2.14. The van der Waals surface area contributed by atoms with Gasteiger partial charge in [0, 0.05) is 43.8 Å². The number of nitrogens with one attached hydrogen (secondary N) is 2. The highest BCUT2D eigenvalue weighted by Gasteiger charge is 2.30. The molecule has 0 amide bonds. The van der Waals surface area contributed by atoms with Crippen LogP contribution in [0.3, 0.4) is 0 Å². The first-order valence-electron chi connectivity index (χ1n) is 43.7. The summed E-state index contributed by atoms with van der Waals surface area (Å²) in [6.07, 6.45) is 46.5. The van der Waals surface area contributed by atoms with E-state index >= 15 is 0 Å². The Kier molecular flexibility index (Phi) is 33.3. The minimum atomic E-state index is 0.699. The number of unbranched alkanes of at least 4 members (excludes halogenated alkanes) is 16. The molecule has 3 aromatic heterocycles. The molecule has 104 heavy (non-hydrogen) atoms. The number of fused-ring (bicyclic) bond motifs is 20. The number of hydrogen-bond acceptors (Lipinski definition) is 6. The third-order valence-corrected chi connectivity index (χ3v) is 22.9. The summed E-state index contributed by atoms with van der Waals surface area (Å²) < 4.78 is 0. The van der Waals surface area contributed by atoms with Crippen LogP contribution in [-0.2, 0) is 51.4 Å². The molecular weight excluding hydrogens is 1270 g/mol. The molecule has 0 unspecified atom stereocenters. The molecule has 0 spiro atoms. The minimum absolute atomic E-state index is 0.699. The molecule has 0 fully saturated rings. The number of aromatic nitrogens is 8. The van der Waals surface area contributed by atoms with Gasteiger partial charge in [-0.2, -0.15) is 0 Å². The van der Waals surface area contributed by atoms with E-state index in [9.17, 15) is 0 Å². The first kappa shape index (κ1) is 82.3. The quantitative estimate of drug-likeness (QED) is 0.0368. The van der Waals surface area contributed by atoms with E-state index in [1.54, 1.807) is 0 Å². The van der Waals surface area contributed by atoms with Crippen LogP contribution < -0.4 is 0 Å². The van der Waals surface area contributed by atoms with Gasteiger partial charge in [0.15, 0.2) is 23.3 Å². The number of aryl methyl sites for hydroxylation is 8. The fraction of sp³-hybridized carbons (Fsp3) is 0.667. The van der Waals surface area contributed by atoms with E-state index in [-0.39, 0.29) is 0 Å². The van der Waals surface area contributed by atoms with Crippen LogP contribution >= 0.6 is 0 Å². The SMILES string of the molecule is CC(C)CCCCCc1ccc(CCCCCC(C)C)c2c1-c1nc-2nc2[nH]c(nc3nc(nc4[nH]c(n1)c1c(CCCCCC(C)C)ccc(CCCCCC(C)C)c41)-c1c(CCCCCC(C)C)ccc(CCCCCC(C)C)c1-3)c1c(CCCCCC(C)C)ccc(CCCCCC(C)C)c21. The van der Waals surface area contributed by atoms with Crippen molar-refractivity contribution in [3.63, 3.8) is 0 Å². The summed E-state index contributed by atoms with van der Waals surface area (Å²) in [4.78, 5) is 44.8. The van der Waals surface area contributed by atoms with Crippen molar-refractivity contribution in [2.24, 2.45) is 47.3 Å². The van der Waals surface area contributed by atoms with Gasteiger partial charge in [-0.05, 0) is 195 Å². The fourth-order valence-corrected chi connectivity index (χ4v) is 16.9.